The van der Waals surface area contributed by atoms with Gasteiger partial charge in [0.1, 0.15) is 0 Å². The molecule has 0 bridgehead atoms. The molecule has 0 aromatic heterocycles. The molecule has 2 unspecified atom stereocenters. The summed E-state index contributed by atoms with van der Waals surface area (Å²) < 4.78 is 0.859. The Kier molecular flexibility index (Phi) is 4.80. The Morgan fingerprint density at radius 3 is 2.69 bits per heavy atom. The first-order chi connectivity index (χ1) is 7.44. The first-order valence-electron chi connectivity index (χ1n) is 5.27. The van der Waals surface area contributed by atoms with Crippen LogP contribution in [0.15, 0.2) is 22.7 Å². The van der Waals surface area contributed by atoms with Crippen molar-refractivity contribution in [1.82, 2.24) is 0 Å². The second-order valence-electron chi connectivity index (χ2n) is 4.28. The van der Waals surface area contributed by atoms with Crippen LogP contribution in [0.25, 0.3) is 0 Å². The van der Waals surface area contributed by atoms with Crippen molar-refractivity contribution in [3.8, 4) is 0 Å². The zero-order valence-corrected chi connectivity index (χ0v) is 11.8. The van der Waals surface area contributed by atoms with Crippen molar-refractivity contribution in [2.24, 2.45) is 11.1 Å². The monoisotopic (exact) mass is 305 g/mol. The molecular weight excluding hydrogens is 289 g/mol. The molecule has 2 atom stereocenters. The Bertz CT molecular complexity index is 366. The molecule has 0 saturated heterocycles. The highest BCUT2D eigenvalue weighted by Crippen LogP contribution is 2.39. The lowest BCUT2D eigenvalue weighted by molar-refractivity contribution is 0.0386. The molecule has 1 rings (SSSR count). The summed E-state index contributed by atoms with van der Waals surface area (Å²) >= 11 is 9.36. The van der Waals surface area contributed by atoms with E-state index >= 15 is 0 Å². The summed E-state index contributed by atoms with van der Waals surface area (Å²) in [6, 6.07) is 5.40. The van der Waals surface area contributed by atoms with Crippen molar-refractivity contribution in [1.29, 1.82) is 0 Å². The maximum absolute atomic E-state index is 10.4. The Hall–Kier alpha value is -0.0900. The van der Waals surface area contributed by atoms with Gasteiger partial charge in [-0.2, -0.15) is 0 Å². The highest BCUT2D eigenvalue weighted by molar-refractivity contribution is 9.10. The third kappa shape index (κ3) is 2.77. The highest BCUT2D eigenvalue weighted by atomic mass is 79.9. The molecule has 0 fully saturated rings. The van der Waals surface area contributed by atoms with Gasteiger partial charge in [0.15, 0.2) is 0 Å². The van der Waals surface area contributed by atoms with Crippen molar-refractivity contribution >= 4 is 27.5 Å². The molecule has 0 aliphatic carbocycles. The van der Waals surface area contributed by atoms with Crippen LogP contribution in [0.4, 0.5) is 0 Å². The van der Waals surface area contributed by atoms with Crippen molar-refractivity contribution in [3.63, 3.8) is 0 Å². The van der Waals surface area contributed by atoms with Crippen molar-refractivity contribution in [2.75, 3.05) is 6.54 Å². The van der Waals surface area contributed by atoms with Gasteiger partial charge < -0.3 is 10.8 Å². The molecule has 0 spiro atoms. The van der Waals surface area contributed by atoms with E-state index in [-0.39, 0.29) is 5.41 Å². The summed E-state index contributed by atoms with van der Waals surface area (Å²) in [5.74, 6) is 0. The zero-order valence-electron chi connectivity index (χ0n) is 9.50. The number of aliphatic hydroxyl groups excluding tert-OH is 1. The molecular formula is C12H17BrClNO. The molecule has 90 valence electrons. The molecule has 0 amide bonds. The van der Waals surface area contributed by atoms with Crippen LogP contribution in [0.5, 0.6) is 0 Å². The summed E-state index contributed by atoms with van der Waals surface area (Å²) in [5, 5.41) is 11.0. The summed E-state index contributed by atoms with van der Waals surface area (Å²) in [7, 11) is 0. The molecule has 16 heavy (non-hydrogen) atoms. The lowest BCUT2D eigenvalue weighted by Crippen LogP contribution is -2.33. The lowest BCUT2D eigenvalue weighted by Gasteiger charge is -2.33. The normalized spacial score (nSPS) is 16.9. The predicted octanol–water partition coefficient (Wildman–Crippen LogP) is 3.51. The second kappa shape index (κ2) is 5.50. The Morgan fingerprint density at radius 2 is 2.19 bits per heavy atom. The fraction of sp³-hybridized carbons (Fsp3) is 0.500. The minimum atomic E-state index is -0.615. The van der Waals surface area contributed by atoms with E-state index in [1.165, 1.54) is 0 Å². The smallest absolute Gasteiger partial charge is 0.0866 e. The number of rotatable bonds is 4. The van der Waals surface area contributed by atoms with E-state index < -0.39 is 6.10 Å². The molecule has 1 aromatic rings. The van der Waals surface area contributed by atoms with Gasteiger partial charge in [-0.1, -0.05) is 41.4 Å². The lowest BCUT2D eigenvalue weighted by atomic mass is 9.78. The average Bonchev–Trinajstić information content (AvgIpc) is 2.30. The number of hydrogen-bond acceptors (Lipinski definition) is 2. The highest BCUT2D eigenvalue weighted by Gasteiger charge is 2.32. The Morgan fingerprint density at radius 1 is 1.56 bits per heavy atom. The SMILES string of the molecule is CCC(C)(CN)C(O)c1cc(Cl)ccc1Br. The van der Waals surface area contributed by atoms with E-state index in [0.717, 1.165) is 16.5 Å². The number of benzene rings is 1. The number of halogens is 2. The van der Waals surface area contributed by atoms with Gasteiger partial charge in [0, 0.05) is 21.5 Å². The topological polar surface area (TPSA) is 46.2 Å². The van der Waals surface area contributed by atoms with Crippen LogP contribution in [0.2, 0.25) is 5.02 Å². The maximum atomic E-state index is 10.4. The molecule has 0 heterocycles. The van der Waals surface area contributed by atoms with Crippen molar-refractivity contribution in [3.05, 3.63) is 33.3 Å². The number of aliphatic hydroxyl groups is 1. The van der Waals surface area contributed by atoms with Crippen LogP contribution in [0, 0.1) is 5.41 Å². The van der Waals surface area contributed by atoms with Crippen molar-refractivity contribution in [2.45, 2.75) is 26.4 Å². The molecule has 0 saturated carbocycles. The van der Waals surface area contributed by atoms with Crippen LogP contribution < -0.4 is 5.73 Å². The van der Waals surface area contributed by atoms with Gasteiger partial charge in [-0.3, -0.25) is 0 Å². The predicted molar refractivity (Wildman–Crippen MR) is 71.6 cm³/mol. The minimum absolute atomic E-state index is 0.326. The Labute approximate surface area is 110 Å². The van der Waals surface area contributed by atoms with Gasteiger partial charge in [0.25, 0.3) is 0 Å². The van der Waals surface area contributed by atoms with Gasteiger partial charge in [0.2, 0.25) is 0 Å². The van der Waals surface area contributed by atoms with Gasteiger partial charge >= 0.3 is 0 Å². The summed E-state index contributed by atoms with van der Waals surface area (Å²) in [6.45, 7) is 4.43. The Balaban J connectivity index is 3.12. The van der Waals surface area contributed by atoms with E-state index in [2.05, 4.69) is 15.9 Å². The van der Waals surface area contributed by atoms with Crippen LogP contribution in [-0.2, 0) is 0 Å². The number of hydrogen-bond donors (Lipinski definition) is 2. The van der Waals surface area contributed by atoms with E-state index in [0.29, 0.717) is 11.6 Å². The van der Waals surface area contributed by atoms with Gasteiger partial charge in [0.05, 0.1) is 6.10 Å². The van der Waals surface area contributed by atoms with E-state index in [9.17, 15) is 5.11 Å². The van der Waals surface area contributed by atoms with E-state index in [1.54, 1.807) is 12.1 Å². The van der Waals surface area contributed by atoms with Gasteiger partial charge in [-0.05, 0) is 30.2 Å². The summed E-state index contributed by atoms with van der Waals surface area (Å²) in [5.41, 5.74) is 6.20. The first kappa shape index (κ1) is 14.0. The molecule has 2 nitrogen and oxygen atoms in total. The van der Waals surface area contributed by atoms with Gasteiger partial charge in [-0.15, -0.1) is 0 Å². The molecule has 1 aromatic carbocycles. The second-order valence-corrected chi connectivity index (χ2v) is 5.57. The summed E-state index contributed by atoms with van der Waals surface area (Å²) in [4.78, 5) is 0. The van der Waals surface area contributed by atoms with Crippen LogP contribution in [-0.4, -0.2) is 11.7 Å². The van der Waals surface area contributed by atoms with Gasteiger partial charge in [-0.25, -0.2) is 0 Å². The molecule has 3 N–H and O–H groups in total. The van der Waals surface area contributed by atoms with Crippen LogP contribution in [0.3, 0.4) is 0 Å². The fourth-order valence-electron chi connectivity index (χ4n) is 1.55. The summed E-state index contributed by atoms with van der Waals surface area (Å²) in [6.07, 6.45) is 0.194. The van der Waals surface area contributed by atoms with E-state index in [4.69, 9.17) is 17.3 Å². The van der Waals surface area contributed by atoms with Crippen LogP contribution >= 0.6 is 27.5 Å². The largest absolute Gasteiger partial charge is 0.388 e. The quantitative estimate of drug-likeness (QED) is 0.894. The first-order valence-corrected chi connectivity index (χ1v) is 6.44. The third-order valence-electron chi connectivity index (χ3n) is 3.19. The van der Waals surface area contributed by atoms with Crippen molar-refractivity contribution < 1.29 is 5.11 Å². The van der Waals surface area contributed by atoms with Crippen LogP contribution in [0.1, 0.15) is 31.9 Å². The molecule has 0 radical (unpaired) electrons. The maximum Gasteiger partial charge on any atom is 0.0866 e. The number of nitrogens with two attached hydrogens (primary N) is 1. The standard InChI is InChI=1S/C12H17BrClNO/c1-3-12(2,7-15)11(16)9-6-8(14)4-5-10(9)13/h4-6,11,16H,3,7,15H2,1-2H3. The van der Waals surface area contributed by atoms with E-state index in [1.807, 2.05) is 19.9 Å². The zero-order chi connectivity index (χ0) is 12.3. The third-order valence-corrected chi connectivity index (χ3v) is 4.14. The average molecular weight is 307 g/mol. The molecule has 0 aliphatic heterocycles. The molecule has 0 aliphatic rings. The fourth-order valence-corrected chi connectivity index (χ4v) is 2.19. The minimum Gasteiger partial charge on any atom is -0.388 e. The molecule has 4 heteroatoms.